The molecule has 26 heavy (non-hydrogen) atoms. The fourth-order valence-electron chi connectivity index (χ4n) is 3.02. The van der Waals surface area contributed by atoms with Crippen LogP contribution in [-0.4, -0.2) is 54.2 Å². The van der Waals surface area contributed by atoms with Crippen LogP contribution in [0.25, 0.3) is 0 Å². The summed E-state index contributed by atoms with van der Waals surface area (Å²) in [5, 5.41) is 4.17. The first-order valence-corrected chi connectivity index (χ1v) is 10.0. The number of hydrogen-bond donors (Lipinski definition) is 0. The fraction of sp³-hybridized carbons (Fsp3) is 0.412. The molecule has 1 amide bonds. The van der Waals surface area contributed by atoms with Gasteiger partial charge in [-0.2, -0.15) is 5.10 Å². The van der Waals surface area contributed by atoms with Crippen LogP contribution in [0.3, 0.4) is 0 Å². The molecular weight excluding hydrogens is 361 g/mol. The van der Waals surface area contributed by atoms with Crippen molar-refractivity contribution < 1.29 is 22.3 Å². The summed E-state index contributed by atoms with van der Waals surface area (Å²) in [6.45, 7) is 2.60. The van der Waals surface area contributed by atoms with Crippen LogP contribution in [0.2, 0.25) is 0 Å². The van der Waals surface area contributed by atoms with Crippen molar-refractivity contribution >= 4 is 15.7 Å². The van der Waals surface area contributed by atoms with Gasteiger partial charge in [0.15, 0.2) is 21.4 Å². The van der Waals surface area contributed by atoms with E-state index in [1.807, 2.05) is 6.92 Å². The Hall–Kier alpha value is -2.42. The molecule has 0 bridgehead atoms. The van der Waals surface area contributed by atoms with Gasteiger partial charge in [0.05, 0.1) is 30.9 Å². The van der Waals surface area contributed by atoms with Crippen LogP contribution in [0.4, 0.5) is 4.39 Å². The Morgan fingerprint density at radius 3 is 2.81 bits per heavy atom. The van der Waals surface area contributed by atoms with E-state index in [1.165, 1.54) is 24.1 Å². The number of aromatic nitrogens is 2. The van der Waals surface area contributed by atoms with Gasteiger partial charge in [-0.25, -0.2) is 12.8 Å². The van der Waals surface area contributed by atoms with Crippen molar-refractivity contribution in [1.82, 2.24) is 14.7 Å². The summed E-state index contributed by atoms with van der Waals surface area (Å²) in [6, 6.07) is 3.32. The molecule has 1 saturated heterocycles. The maximum Gasteiger partial charge on any atom is 0.254 e. The minimum atomic E-state index is -3.27. The van der Waals surface area contributed by atoms with E-state index in [4.69, 9.17) is 4.74 Å². The quantitative estimate of drug-likeness (QED) is 0.805. The molecule has 3 rings (SSSR count). The lowest BCUT2D eigenvalue weighted by Gasteiger charge is -2.35. The Labute approximate surface area is 151 Å². The lowest BCUT2D eigenvalue weighted by atomic mass is 10.1. The van der Waals surface area contributed by atoms with Crippen LogP contribution >= 0.6 is 0 Å². The number of sulfone groups is 1. The average molecular weight is 381 g/mol. The molecule has 9 heteroatoms. The Bertz CT molecular complexity index is 926. The number of halogens is 1. The molecule has 7 nitrogen and oxygen atoms in total. The molecule has 1 aromatic heterocycles. The molecule has 1 atom stereocenters. The zero-order valence-electron chi connectivity index (χ0n) is 14.6. The number of nitrogens with zero attached hydrogens (tertiary/aromatic N) is 3. The highest BCUT2D eigenvalue weighted by Crippen LogP contribution is 2.29. The van der Waals surface area contributed by atoms with Gasteiger partial charge < -0.3 is 9.64 Å². The molecule has 0 aliphatic carbocycles. The summed E-state index contributed by atoms with van der Waals surface area (Å²) in [4.78, 5) is 14.4. The SMILES string of the molecule is CCn1cc(C2CS(=O)(=O)CCN2C(=O)c2ccc(OC)c(F)c2)cn1. The van der Waals surface area contributed by atoms with Gasteiger partial charge in [0.1, 0.15) is 0 Å². The van der Waals surface area contributed by atoms with E-state index >= 15 is 0 Å². The zero-order valence-corrected chi connectivity index (χ0v) is 15.4. The maximum absolute atomic E-state index is 14.0. The Kier molecular flexibility index (Phi) is 4.99. The van der Waals surface area contributed by atoms with Gasteiger partial charge in [-0.05, 0) is 25.1 Å². The molecule has 0 radical (unpaired) electrons. The number of carbonyl (C=O) groups excluding carboxylic acids is 1. The van der Waals surface area contributed by atoms with Gasteiger partial charge in [-0.1, -0.05) is 0 Å². The summed E-state index contributed by atoms with van der Waals surface area (Å²) in [6.07, 6.45) is 3.31. The van der Waals surface area contributed by atoms with E-state index in [1.54, 1.807) is 17.1 Å². The van der Waals surface area contributed by atoms with E-state index < -0.39 is 27.6 Å². The van der Waals surface area contributed by atoms with Gasteiger partial charge in [0, 0.05) is 30.4 Å². The van der Waals surface area contributed by atoms with Crippen LogP contribution in [-0.2, 0) is 16.4 Å². The third kappa shape index (κ3) is 3.57. The average Bonchev–Trinajstić information content (AvgIpc) is 3.09. The molecule has 0 spiro atoms. The summed E-state index contributed by atoms with van der Waals surface area (Å²) >= 11 is 0. The Morgan fingerprint density at radius 2 is 2.19 bits per heavy atom. The van der Waals surface area contributed by atoms with Gasteiger partial charge in [-0.3, -0.25) is 9.48 Å². The first-order valence-electron chi connectivity index (χ1n) is 8.22. The van der Waals surface area contributed by atoms with E-state index in [2.05, 4.69) is 5.10 Å². The molecule has 1 aliphatic rings. The molecule has 1 fully saturated rings. The molecule has 0 N–H and O–H groups in total. The highest BCUT2D eigenvalue weighted by Gasteiger charge is 2.36. The normalized spacial score (nSPS) is 19.3. The van der Waals surface area contributed by atoms with Crippen LogP contribution in [0.15, 0.2) is 30.6 Å². The molecule has 0 saturated carbocycles. The third-order valence-corrected chi connectivity index (χ3v) is 6.08. The maximum atomic E-state index is 14.0. The van der Waals surface area contributed by atoms with Crippen LogP contribution in [0, 0.1) is 5.82 Å². The van der Waals surface area contributed by atoms with Gasteiger partial charge in [0.25, 0.3) is 5.91 Å². The summed E-state index contributed by atoms with van der Waals surface area (Å²) in [5.74, 6) is -1.31. The summed E-state index contributed by atoms with van der Waals surface area (Å²) in [5.41, 5.74) is 0.799. The van der Waals surface area contributed by atoms with Gasteiger partial charge in [0.2, 0.25) is 0 Å². The summed E-state index contributed by atoms with van der Waals surface area (Å²) < 4.78 is 44.7. The first-order chi connectivity index (χ1) is 12.3. The minimum absolute atomic E-state index is 0.0449. The van der Waals surface area contributed by atoms with E-state index in [0.29, 0.717) is 12.1 Å². The molecule has 2 heterocycles. The van der Waals surface area contributed by atoms with Crippen molar-refractivity contribution in [3.8, 4) is 5.75 Å². The highest BCUT2D eigenvalue weighted by atomic mass is 32.2. The molecule has 140 valence electrons. The van der Waals surface area contributed by atoms with E-state index in [0.717, 1.165) is 6.07 Å². The van der Waals surface area contributed by atoms with Crippen LogP contribution in [0.1, 0.15) is 28.9 Å². The van der Waals surface area contributed by atoms with Crippen molar-refractivity contribution in [2.24, 2.45) is 0 Å². The standard InChI is InChI=1S/C17H20FN3O4S/c1-3-20-10-13(9-19-20)15-11-26(23,24)7-6-21(15)17(22)12-4-5-16(25-2)14(18)8-12/h4-5,8-10,15H,3,6-7,11H2,1-2H3. The van der Waals surface area contributed by atoms with Crippen molar-refractivity contribution in [2.75, 3.05) is 25.2 Å². The number of carbonyl (C=O) groups is 1. The van der Waals surface area contributed by atoms with Crippen molar-refractivity contribution in [3.05, 3.63) is 47.5 Å². The number of hydrogen-bond acceptors (Lipinski definition) is 5. The third-order valence-electron chi connectivity index (χ3n) is 4.45. The Morgan fingerprint density at radius 1 is 1.42 bits per heavy atom. The predicted molar refractivity (Wildman–Crippen MR) is 93.3 cm³/mol. The minimum Gasteiger partial charge on any atom is -0.494 e. The van der Waals surface area contributed by atoms with Gasteiger partial charge in [-0.15, -0.1) is 0 Å². The van der Waals surface area contributed by atoms with Crippen molar-refractivity contribution in [2.45, 2.75) is 19.5 Å². The molecule has 1 aromatic carbocycles. The largest absolute Gasteiger partial charge is 0.494 e. The Balaban J connectivity index is 1.94. The van der Waals surface area contributed by atoms with Crippen LogP contribution in [0.5, 0.6) is 5.75 Å². The molecular formula is C17H20FN3O4S. The lowest BCUT2D eigenvalue weighted by Crippen LogP contribution is -2.46. The second-order valence-corrected chi connectivity index (χ2v) is 8.34. The fourth-order valence-corrected chi connectivity index (χ4v) is 4.51. The van der Waals surface area contributed by atoms with E-state index in [-0.39, 0.29) is 29.4 Å². The van der Waals surface area contributed by atoms with Crippen molar-refractivity contribution in [1.29, 1.82) is 0 Å². The van der Waals surface area contributed by atoms with Crippen LogP contribution < -0.4 is 4.74 Å². The smallest absolute Gasteiger partial charge is 0.254 e. The molecule has 2 aromatic rings. The summed E-state index contributed by atoms with van der Waals surface area (Å²) in [7, 11) is -1.93. The van der Waals surface area contributed by atoms with Crippen molar-refractivity contribution in [3.63, 3.8) is 0 Å². The number of methoxy groups -OCH3 is 1. The number of aryl methyl sites for hydroxylation is 1. The highest BCUT2D eigenvalue weighted by molar-refractivity contribution is 7.91. The van der Waals surface area contributed by atoms with E-state index in [9.17, 15) is 17.6 Å². The second-order valence-electron chi connectivity index (χ2n) is 6.11. The van der Waals surface area contributed by atoms with Gasteiger partial charge >= 0.3 is 0 Å². The molecule has 1 unspecified atom stereocenters. The number of ether oxygens (including phenoxy) is 1. The number of amides is 1. The molecule has 1 aliphatic heterocycles. The topological polar surface area (TPSA) is 81.5 Å². The first kappa shape index (κ1) is 18.4. The second kappa shape index (κ2) is 7.06. The number of rotatable bonds is 4. The zero-order chi connectivity index (χ0) is 18.9. The predicted octanol–water partition coefficient (Wildman–Crippen LogP) is 1.66. The lowest BCUT2D eigenvalue weighted by molar-refractivity contribution is 0.0697. The monoisotopic (exact) mass is 381 g/mol. The number of benzene rings is 1.